The van der Waals surface area contributed by atoms with E-state index in [4.69, 9.17) is 4.55 Å². The molecule has 0 amide bonds. The molecule has 0 aromatic heterocycles. The van der Waals surface area contributed by atoms with E-state index in [1.165, 1.54) is 32.1 Å². The van der Waals surface area contributed by atoms with Crippen LogP contribution in [0.25, 0.3) is 0 Å². The molecule has 2 N–H and O–H groups in total. The first-order valence-corrected chi connectivity index (χ1v) is 8.22. The molecular formula is C12H27NO3S. The van der Waals surface area contributed by atoms with Crippen LogP contribution in [-0.2, 0) is 10.1 Å². The molecule has 0 rings (SSSR count). The van der Waals surface area contributed by atoms with Gasteiger partial charge in [0.05, 0.1) is 5.75 Å². The maximum atomic E-state index is 10.6. The Hall–Kier alpha value is -0.130. The molecule has 17 heavy (non-hydrogen) atoms. The number of unbranched alkanes of at least 4 members (excludes halogenated alkanes) is 5. The Morgan fingerprint density at radius 2 is 1.71 bits per heavy atom. The van der Waals surface area contributed by atoms with Crippen molar-refractivity contribution in [1.82, 2.24) is 5.32 Å². The molecule has 0 bridgehead atoms. The summed E-state index contributed by atoms with van der Waals surface area (Å²) >= 11 is 0. The van der Waals surface area contributed by atoms with Gasteiger partial charge in [-0.05, 0) is 25.4 Å². The Kier molecular flexibility index (Phi) is 9.78. The summed E-state index contributed by atoms with van der Waals surface area (Å²) in [4.78, 5) is 0. The summed E-state index contributed by atoms with van der Waals surface area (Å²) in [7, 11) is -3.82. The highest BCUT2D eigenvalue weighted by molar-refractivity contribution is 7.85. The van der Waals surface area contributed by atoms with Gasteiger partial charge in [-0.2, -0.15) is 8.42 Å². The molecule has 0 spiro atoms. The van der Waals surface area contributed by atoms with Gasteiger partial charge in [-0.15, -0.1) is 0 Å². The van der Waals surface area contributed by atoms with Crippen molar-refractivity contribution in [1.29, 1.82) is 0 Å². The van der Waals surface area contributed by atoms with Crippen molar-refractivity contribution < 1.29 is 13.0 Å². The van der Waals surface area contributed by atoms with Crippen molar-refractivity contribution in [3.8, 4) is 0 Å². The van der Waals surface area contributed by atoms with Crippen molar-refractivity contribution in [2.45, 2.75) is 52.4 Å². The van der Waals surface area contributed by atoms with Crippen LogP contribution in [0, 0.1) is 5.92 Å². The largest absolute Gasteiger partial charge is 0.316 e. The van der Waals surface area contributed by atoms with Gasteiger partial charge >= 0.3 is 0 Å². The lowest BCUT2D eigenvalue weighted by Crippen LogP contribution is -2.26. The lowest BCUT2D eigenvalue weighted by molar-refractivity contribution is 0.459. The minimum Gasteiger partial charge on any atom is -0.316 e. The maximum absolute atomic E-state index is 10.6. The number of nitrogens with one attached hydrogen (secondary N) is 1. The van der Waals surface area contributed by atoms with Gasteiger partial charge in [0.2, 0.25) is 0 Å². The molecule has 0 aliphatic heterocycles. The third-order valence-corrected chi connectivity index (χ3v) is 3.69. The molecule has 0 aliphatic rings. The standard InChI is InChI=1S/C12H27NO3S/c1-3-4-5-6-7-8-9-13-10-12(2)11-17(14,15)16/h12-13H,3-11H2,1-2H3,(H,14,15,16). The van der Waals surface area contributed by atoms with Crippen LogP contribution in [0.1, 0.15) is 52.4 Å². The highest BCUT2D eigenvalue weighted by atomic mass is 32.2. The first-order valence-electron chi connectivity index (χ1n) is 6.61. The smallest absolute Gasteiger partial charge is 0.265 e. The minimum absolute atomic E-state index is 0.0370. The summed E-state index contributed by atoms with van der Waals surface area (Å²) in [5.74, 6) is -0.193. The molecule has 4 nitrogen and oxygen atoms in total. The van der Waals surface area contributed by atoms with Crippen LogP contribution in [0.5, 0.6) is 0 Å². The first-order chi connectivity index (χ1) is 7.95. The fourth-order valence-electron chi connectivity index (χ4n) is 1.80. The Bertz CT molecular complexity index is 265. The summed E-state index contributed by atoms with van der Waals surface area (Å²) in [6, 6.07) is 0. The topological polar surface area (TPSA) is 66.4 Å². The van der Waals surface area contributed by atoms with Crippen LogP contribution in [0.3, 0.4) is 0 Å². The number of rotatable bonds is 11. The molecule has 0 aliphatic carbocycles. The summed E-state index contributed by atoms with van der Waals surface area (Å²) in [6.45, 7) is 5.61. The Balaban J connectivity index is 3.28. The van der Waals surface area contributed by atoms with Gasteiger partial charge in [-0.25, -0.2) is 0 Å². The molecule has 1 unspecified atom stereocenters. The van der Waals surface area contributed by atoms with Gasteiger partial charge in [0.25, 0.3) is 10.1 Å². The van der Waals surface area contributed by atoms with E-state index in [2.05, 4.69) is 12.2 Å². The van der Waals surface area contributed by atoms with Gasteiger partial charge in [0, 0.05) is 0 Å². The fraction of sp³-hybridized carbons (Fsp3) is 1.00. The molecule has 1 atom stereocenters. The van der Waals surface area contributed by atoms with E-state index in [-0.39, 0.29) is 11.7 Å². The van der Waals surface area contributed by atoms with Crippen LogP contribution in [0.15, 0.2) is 0 Å². The second kappa shape index (κ2) is 9.85. The maximum Gasteiger partial charge on any atom is 0.265 e. The van der Waals surface area contributed by atoms with E-state index in [0.29, 0.717) is 6.54 Å². The van der Waals surface area contributed by atoms with E-state index in [1.807, 2.05) is 6.92 Å². The second-order valence-electron chi connectivity index (χ2n) is 4.83. The van der Waals surface area contributed by atoms with Crippen LogP contribution in [-0.4, -0.2) is 31.8 Å². The Morgan fingerprint density at radius 3 is 2.29 bits per heavy atom. The van der Waals surface area contributed by atoms with Crippen molar-refractivity contribution in [2.24, 2.45) is 5.92 Å². The predicted molar refractivity (Wildman–Crippen MR) is 71.8 cm³/mol. The zero-order valence-corrected chi connectivity index (χ0v) is 11.9. The quantitative estimate of drug-likeness (QED) is 0.445. The third kappa shape index (κ3) is 13.8. The van der Waals surface area contributed by atoms with Crippen LogP contribution < -0.4 is 5.32 Å². The summed E-state index contributed by atoms with van der Waals surface area (Å²) in [5.41, 5.74) is 0. The second-order valence-corrected chi connectivity index (χ2v) is 6.32. The van der Waals surface area contributed by atoms with Crippen molar-refractivity contribution in [3.63, 3.8) is 0 Å². The van der Waals surface area contributed by atoms with Crippen LogP contribution in [0.2, 0.25) is 0 Å². The average molecular weight is 265 g/mol. The molecule has 0 saturated heterocycles. The van der Waals surface area contributed by atoms with E-state index in [9.17, 15) is 8.42 Å². The van der Waals surface area contributed by atoms with E-state index in [1.54, 1.807) is 0 Å². The first kappa shape index (κ1) is 16.9. The predicted octanol–water partition coefficient (Wildman–Crippen LogP) is 2.46. The average Bonchev–Trinajstić information content (AvgIpc) is 2.19. The van der Waals surface area contributed by atoms with E-state index < -0.39 is 10.1 Å². The molecule has 0 aromatic rings. The zero-order valence-electron chi connectivity index (χ0n) is 11.1. The molecule has 0 fully saturated rings. The molecule has 0 heterocycles. The minimum atomic E-state index is -3.82. The van der Waals surface area contributed by atoms with Gasteiger partial charge < -0.3 is 5.32 Å². The van der Waals surface area contributed by atoms with Crippen LogP contribution >= 0.6 is 0 Å². The van der Waals surface area contributed by atoms with E-state index in [0.717, 1.165) is 13.0 Å². The van der Waals surface area contributed by atoms with Gasteiger partial charge in [0.1, 0.15) is 0 Å². The number of hydrogen-bond donors (Lipinski definition) is 2. The Labute approximate surface area is 106 Å². The molecule has 0 saturated carbocycles. The third-order valence-electron chi connectivity index (χ3n) is 2.70. The highest BCUT2D eigenvalue weighted by Crippen LogP contribution is 2.04. The Morgan fingerprint density at radius 1 is 1.12 bits per heavy atom. The number of hydrogen-bond acceptors (Lipinski definition) is 3. The summed E-state index contributed by atoms with van der Waals surface area (Å²) < 4.78 is 29.9. The van der Waals surface area contributed by atoms with E-state index >= 15 is 0 Å². The summed E-state index contributed by atoms with van der Waals surface area (Å²) in [6.07, 6.45) is 7.57. The zero-order chi connectivity index (χ0) is 13.1. The molecular weight excluding hydrogens is 238 g/mol. The molecule has 0 radical (unpaired) electrons. The van der Waals surface area contributed by atoms with Gasteiger partial charge in [0.15, 0.2) is 0 Å². The lowest BCUT2D eigenvalue weighted by Gasteiger charge is -2.10. The molecule has 5 heteroatoms. The van der Waals surface area contributed by atoms with Crippen molar-refractivity contribution in [2.75, 3.05) is 18.8 Å². The van der Waals surface area contributed by atoms with Gasteiger partial charge in [-0.3, -0.25) is 4.55 Å². The van der Waals surface area contributed by atoms with Crippen LogP contribution in [0.4, 0.5) is 0 Å². The SMILES string of the molecule is CCCCCCCCNCC(C)CS(=O)(=O)O. The fourth-order valence-corrected chi connectivity index (χ4v) is 2.63. The summed E-state index contributed by atoms with van der Waals surface area (Å²) in [5, 5.41) is 3.22. The van der Waals surface area contributed by atoms with Crippen molar-refractivity contribution >= 4 is 10.1 Å². The van der Waals surface area contributed by atoms with Gasteiger partial charge in [-0.1, -0.05) is 46.0 Å². The highest BCUT2D eigenvalue weighted by Gasteiger charge is 2.11. The normalized spacial score (nSPS) is 13.8. The molecule has 0 aromatic carbocycles. The lowest BCUT2D eigenvalue weighted by atomic mass is 10.1. The molecule has 104 valence electrons. The van der Waals surface area contributed by atoms with Crippen molar-refractivity contribution in [3.05, 3.63) is 0 Å². The monoisotopic (exact) mass is 265 g/mol.